The average Bonchev–Trinajstić information content (AvgIpc) is 3.19. The Hall–Kier alpha value is -3.81. The van der Waals surface area contributed by atoms with E-state index in [1.807, 2.05) is 12.1 Å². The summed E-state index contributed by atoms with van der Waals surface area (Å²) in [5.41, 5.74) is 1.43. The number of carbonyl (C=O) groups excluding carboxylic acids is 2. The molecule has 0 aromatic heterocycles. The first-order valence-corrected chi connectivity index (χ1v) is 12.7. The number of halogens is 1. The zero-order valence-corrected chi connectivity index (χ0v) is 21.7. The van der Waals surface area contributed by atoms with Crippen LogP contribution < -0.4 is 19.7 Å². The van der Waals surface area contributed by atoms with Crippen LogP contribution in [0.5, 0.6) is 17.2 Å². The van der Waals surface area contributed by atoms with Crippen LogP contribution in [0.1, 0.15) is 25.8 Å². The van der Waals surface area contributed by atoms with Gasteiger partial charge in [0.05, 0.1) is 12.3 Å². The molecule has 3 aromatic rings. The lowest BCUT2D eigenvalue weighted by Crippen LogP contribution is -2.30. The molecule has 0 spiro atoms. The Morgan fingerprint density at radius 3 is 2.08 bits per heavy atom. The van der Waals surface area contributed by atoms with Crippen LogP contribution >= 0.6 is 11.6 Å². The Balaban J connectivity index is 1.35. The first kappa shape index (κ1) is 26.3. The second-order valence-corrected chi connectivity index (χ2v) is 8.91. The van der Waals surface area contributed by atoms with Crippen molar-refractivity contribution < 1.29 is 19.1 Å². The zero-order valence-electron chi connectivity index (χ0n) is 20.9. The summed E-state index contributed by atoms with van der Waals surface area (Å²) in [6.45, 7) is 7.94. The van der Waals surface area contributed by atoms with Crippen molar-refractivity contribution in [3.8, 4) is 17.2 Å². The van der Waals surface area contributed by atoms with Gasteiger partial charge in [-0.3, -0.25) is 4.79 Å². The monoisotopic (exact) mass is 519 g/mol. The molecule has 192 valence electrons. The lowest BCUT2D eigenvalue weighted by molar-refractivity contribution is -0.113. The molecule has 1 N–H and O–H groups in total. The van der Waals surface area contributed by atoms with Gasteiger partial charge in [-0.1, -0.05) is 37.6 Å². The van der Waals surface area contributed by atoms with Crippen molar-refractivity contribution in [3.63, 3.8) is 0 Å². The van der Waals surface area contributed by atoms with Gasteiger partial charge in [0.15, 0.2) is 0 Å². The molecule has 1 fully saturated rings. The molecule has 0 aliphatic carbocycles. The predicted molar refractivity (Wildman–Crippen MR) is 146 cm³/mol. The lowest BCUT2D eigenvalue weighted by atomic mass is 10.2. The molecule has 1 saturated heterocycles. The summed E-state index contributed by atoms with van der Waals surface area (Å²) in [4.78, 5) is 29.0. The van der Waals surface area contributed by atoms with Gasteiger partial charge in [0.25, 0.3) is 5.91 Å². The summed E-state index contributed by atoms with van der Waals surface area (Å²) in [6, 6.07) is 20.8. The minimum absolute atomic E-state index is 0.202. The van der Waals surface area contributed by atoms with Crippen LogP contribution in [0, 0.1) is 0 Å². The highest BCUT2D eigenvalue weighted by molar-refractivity contribution is 6.30. The first-order chi connectivity index (χ1) is 18.0. The van der Waals surface area contributed by atoms with E-state index in [-0.39, 0.29) is 5.70 Å². The van der Waals surface area contributed by atoms with E-state index in [1.54, 1.807) is 66.7 Å². The van der Waals surface area contributed by atoms with Crippen molar-refractivity contribution in [3.05, 3.63) is 89.1 Å². The second-order valence-electron chi connectivity index (χ2n) is 8.48. The molecule has 1 aliphatic rings. The molecule has 37 heavy (non-hydrogen) atoms. The third-order valence-electron chi connectivity index (χ3n) is 6.00. The van der Waals surface area contributed by atoms with Crippen molar-refractivity contribution in [2.75, 3.05) is 31.1 Å². The van der Waals surface area contributed by atoms with Gasteiger partial charge in [0.1, 0.15) is 22.9 Å². The van der Waals surface area contributed by atoms with E-state index in [1.165, 1.54) is 0 Å². The highest BCUT2D eigenvalue weighted by Crippen LogP contribution is 2.26. The van der Waals surface area contributed by atoms with Crippen molar-refractivity contribution in [1.82, 2.24) is 10.2 Å². The van der Waals surface area contributed by atoms with Crippen molar-refractivity contribution in [2.45, 2.75) is 20.3 Å². The summed E-state index contributed by atoms with van der Waals surface area (Å²) < 4.78 is 11.6. The number of ether oxygens (including phenoxy) is 2. The fourth-order valence-electron chi connectivity index (χ4n) is 3.92. The van der Waals surface area contributed by atoms with Crippen LogP contribution in [0.3, 0.4) is 0 Å². The fraction of sp³-hybridized carbons (Fsp3) is 0.241. The van der Waals surface area contributed by atoms with Crippen LogP contribution in [0.15, 0.2) is 78.5 Å². The van der Waals surface area contributed by atoms with Gasteiger partial charge >= 0.3 is 6.03 Å². The van der Waals surface area contributed by atoms with E-state index in [2.05, 4.69) is 24.1 Å². The first-order valence-electron chi connectivity index (χ1n) is 12.3. The highest BCUT2D eigenvalue weighted by atomic mass is 35.5. The Morgan fingerprint density at radius 1 is 0.865 bits per heavy atom. The number of carbonyl (C=O) groups is 2. The Labute approximate surface area is 222 Å². The number of benzene rings is 3. The number of rotatable bonds is 11. The third kappa shape index (κ3) is 6.90. The molecule has 3 amide bonds. The molecule has 0 atom stereocenters. The van der Waals surface area contributed by atoms with E-state index in [4.69, 9.17) is 21.1 Å². The number of hydrogen-bond donors (Lipinski definition) is 1. The molecule has 1 aliphatic heterocycles. The zero-order chi connectivity index (χ0) is 26.2. The maximum absolute atomic E-state index is 13.0. The molecule has 4 rings (SSSR count). The molecular weight excluding hydrogens is 490 g/mol. The smallest absolute Gasteiger partial charge is 0.333 e. The van der Waals surface area contributed by atoms with Crippen molar-refractivity contribution in [2.24, 2.45) is 0 Å². The van der Waals surface area contributed by atoms with E-state index in [9.17, 15) is 9.59 Å². The van der Waals surface area contributed by atoms with Gasteiger partial charge in [0.2, 0.25) is 0 Å². The number of urea groups is 1. The minimum atomic E-state index is -0.494. The predicted octanol–water partition coefficient (Wildman–Crippen LogP) is 6.34. The molecular formula is C29H30ClN3O4. The number of hydrogen-bond acceptors (Lipinski definition) is 5. The number of anilines is 1. The summed E-state index contributed by atoms with van der Waals surface area (Å²) in [5.74, 6) is 1.59. The second kappa shape index (κ2) is 12.4. The van der Waals surface area contributed by atoms with Crippen LogP contribution in [-0.2, 0) is 4.79 Å². The molecule has 0 saturated carbocycles. The van der Waals surface area contributed by atoms with Gasteiger partial charge in [-0.25, -0.2) is 9.69 Å². The van der Waals surface area contributed by atoms with Crippen molar-refractivity contribution in [1.29, 1.82) is 0 Å². The number of imide groups is 1. The molecule has 0 bridgehead atoms. The van der Waals surface area contributed by atoms with E-state index >= 15 is 0 Å². The molecule has 1 heterocycles. The molecule has 3 aromatic carbocycles. The van der Waals surface area contributed by atoms with E-state index in [0.717, 1.165) is 36.5 Å². The van der Waals surface area contributed by atoms with Gasteiger partial charge in [-0.2, -0.15) is 0 Å². The molecule has 7 nitrogen and oxygen atoms in total. The maximum atomic E-state index is 13.0. The van der Waals surface area contributed by atoms with Gasteiger partial charge in [-0.15, -0.1) is 0 Å². The lowest BCUT2D eigenvalue weighted by Gasteiger charge is -2.18. The van der Waals surface area contributed by atoms with Gasteiger partial charge in [0, 0.05) is 11.6 Å². The van der Waals surface area contributed by atoms with Crippen LogP contribution in [0.25, 0.3) is 6.08 Å². The third-order valence-corrected chi connectivity index (χ3v) is 6.25. The number of nitrogens with zero attached hydrogens (tertiary/aromatic N) is 2. The van der Waals surface area contributed by atoms with Crippen LogP contribution in [0.4, 0.5) is 10.5 Å². The van der Waals surface area contributed by atoms with Crippen LogP contribution in [0.2, 0.25) is 5.02 Å². The van der Waals surface area contributed by atoms with Gasteiger partial charge in [-0.05, 0) is 91.8 Å². The average molecular weight is 520 g/mol. The summed E-state index contributed by atoms with van der Waals surface area (Å²) in [6.07, 6.45) is 2.57. The molecule has 8 heteroatoms. The topological polar surface area (TPSA) is 71.1 Å². The highest BCUT2D eigenvalue weighted by Gasteiger charge is 2.34. The summed E-state index contributed by atoms with van der Waals surface area (Å²) >= 11 is 5.91. The number of amides is 3. The minimum Gasteiger partial charge on any atom is -0.494 e. The Bertz CT molecular complexity index is 1240. The molecule has 0 radical (unpaired) electrons. The normalized spacial score (nSPS) is 14.4. The largest absolute Gasteiger partial charge is 0.494 e. The summed E-state index contributed by atoms with van der Waals surface area (Å²) in [7, 11) is 0. The van der Waals surface area contributed by atoms with E-state index in [0.29, 0.717) is 34.6 Å². The number of nitrogens with one attached hydrogen (secondary N) is 1. The van der Waals surface area contributed by atoms with E-state index < -0.39 is 11.9 Å². The molecule has 0 unspecified atom stereocenters. The summed E-state index contributed by atoms with van der Waals surface area (Å²) in [5, 5.41) is 3.29. The quantitative estimate of drug-likeness (QED) is 0.182. The maximum Gasteiger partial charge on any atom is 0.333 e. The SMILES string of the molecule is CCN(CC)CCCOc1ccc(N2C(=O)NC(=Cc3ccc(Oc4ccc(Cl)cc4)cc3)C2=O)cc1. The Kier molecular flexibility index (Phi) is 8.82. The van der Waals surface area contributed by atoms with Gasteiger partial charge < -0.3 is 19.7 Å². The Morgan fingerprint density at radius 2 is 1.46 bits per heavy atom. The van der Waals surface area contributed by atoms with Crippen molar-refractivity contribution >= 4 is 35.3 Å². The standard InChI is InChI=1S/C29H30ClN3O4/c1-3-32(4-2)18-5-19-36-24-16-10-23(11-17-24)33-28(34)27(31-29(33)35)20-21-6-12-25(13-7-21)37-26-14-8-22(30)9-15-26/h6-17,20H,3-5,18-19H2,1-2H3,(H,31,35). The fourth-order valence-corrected chi connectivity index (χ4v) is 4.04. The van der Waals surface area contributed by atoms with Crippen LogP contribution in [-0.4, -0.2) is 43.1 Å².